The minimum absolute atomic E-state index is 0.0719. The highest BCUT2D eigenvalue weighted by atomic mass is 16.2. The van der Waals surface area contributed by atoms with Crippen LogP contribution in [0.2, 0.25) is 0 Å². The van der Waals surface area contributed by atoms with Crippen LogP contribution >= 0.6 is 0 Å². The van der Waals surface area contributed by atoms with E-state index in [0.717, 1.165) is 10.9 Å². The summed E-state index contributed by atoms with van der Waals surface area (Å²) in [5.41, 5.74) is 6.89. The highest BCUT2D eigenvalue weighted by molar-refractivity contribution is 6.04. The molecule has 1 aromatic heterocycles. The number of nitrogens with one attached hydrogen (secondary N) is 1. The van der Waals surface area contributed by atoms with Crippen molar-refractivity contribution in [1.82, 2.24) is 20.0 Å². The van der Waals surface area contributed by atoms with Crippen molar-refractivity contribution in [3.63, 3.8) is 0 Å². The molecule has 1 atom stereocenters. The Morgan fingerprint density at radius 2 is 1.82 bits per heavy atom. The van der Waals surface area contributed by atoms with Gasteiger partial charge >= 0.3 is 0 Å². The third-order valence-corrected chi connectivity index (χ3v) is 3.94. The van der Waals surface area contributed by atoms with Gasteiger partial charge in [0.1, 0.15) is 0 Å². The lowest BCUT2D eigenvalue weighted by molar-refractivity contribution is -0.133. The first-order valence-electron chi connectivity index (χ1n) is 7.34. The van der Waals surface area contributed by atoms with Crippen LogP contribution in [0.15, 0.2) is 24.3 Å². The molecular weight excluding hydrogens is 282 g/mol. The average Bonchev–Trinajstić information content (AvgIpc) is 2.97. The van der Waals surface area contributed by atoms with Gasteiger partial charge in [0.05, 0.1) is 11.6 Å². The summed E-state index contributed by atoms with van der Waals surface area (Å²) >= 11 is 0. The number of fused-ring (bicyclic) bond motifs is 1. The van der Waals surface area contributed by atoms with Crippen molar-refractivity contribution in [2.24, 2.45) is 5.73 Å². The van der Waals surface area contributed by atoms with Gasteiger partial charge in [-0.3, -0.25) is 14.7 Å². The summed E-state index contributed by atoms with van der Waals surface area (Å²) in [4.78, 5) is 27.9. The lowest BCUT2D eigenvalue weighted by Crippen LogP contribution is -2.53. The number of aromatic nitrogens is 2. The minimum atomic E-state index is -0.502. The maximum absolute atomic E-state index is 12.6. The summed E-state index contributed by atoms with van der Waals surface area (Å²) in [5, 5.41) is 7.83. The summed E-state index contributed by atoms with van der Waals surface area (Å²) in [5.74, 6) is -0.178. The van der Waals surface area contributed by atoms with E-state index in [9.17, 15) is 9.59 Å². The van der Waals surface area contributed by atoms with Crippen LogP contribution in [0.1, 0.15) is 17.4 Å². The Hall–Kier alpha value is -2.41. The number of hydrogen-bond acceptors (Lipinski definition) is 4. The molecule has 0 bridgehead atoms. The SMILES string of the molecule is CC(N)C(=O)N1CCN(C(=O)c2n[nH]c3ccccc23)CC1. The van der Waals surface area contributed by atoms with E-state index in [4.69, 9.17) is 5.73 Å². The number of nitrogens with two attached hydrogens (primary N) is 1. The fourth-order valence-electron chi connectivity index (χ4n) is 2.69. The van der Waals surface area contributed by atoms with Gasteiger partial charge in [-0.25, -0.2) is 0 Å². The van der Waals surface area contributed by atoms with Crippen molar-refractivity contribution in [2.45, 2.75) is 13.0 Å². The molecule has 116 valence electrons. The predicted molar refractivity (Wildman–Crippen MR) is 82.2 cm³/mol. The van der Waals surface area contributed by atoms with E-state index in [0.29, 0.717) is 31.9 Å². The lowest BCUT2D eigenvalue weighted by Gasteiger charge is -2.35. The number of hydrogen-bond donors (Lipinski definition) is 2. The normalized spacial score (nSPS) is 16.8. The monoisotopic (exact) mass is 301 g/mol. The van der Waals surface area contributed by atoms with Crippen molar-refractivity contribution in [3.05, 3.63) is 30.0 Å². The number of carbonyl (C=O) groups is 2. The number of H-pyrrole nitrogens is 1. The van der Waals surface area contributed by atoms with E-state index in [1.165, 1.54) is 0 Å². The van der Waals surface area contributed by atoms with E-state index < -0.39 is 6.04 Å². The number of para-hydroxylation sites is 1. The molecule has 1 aromatic carbocycles. The van der Waals surface area contributed by atoms with Crippen molar-refractivity contribution >= 4 is 22.7 Å². The molecule has 2 aromatic rings. The van der Waals surface area contributed by atoms with Gasteiger partial charge in [0, 0.05) is 31.6 Å². The van der Waals surface area contributed by atoms with Gasteiger partial charge in [-0.1, -0.05) is 18.2 Å². The molecule has 3 rings (SSSR count). The molecule has 1 aliphatic rings. The summed E-state index contributed by atoms with van der Waals surface area (Å²) in [6.45, 7) is 3.69. The van der Waals surface area contributed by atoms with Crippen LogP contribution < -0.4 is 5.73 Å². The maximum atomic E-state index is 12.6. The first-order valence-corrected chi connectivity index (χ1v) is 7.34. The summed E-state index contributed by atoms with van der Waals surface area (Å²) in [6, 6.07) is 7.04. The van der Waals surface area contributed by atoms with Crippen LogP contribution in [0.25, 0.3) is 10.9 Å². The van der Waals surface area contributed by atoms with E-state index in [-0.39, 0.29) is 11.8 Å². The zero-order valence-electron chi connectivity index (χ0n) is 12.5. The Kier molecular flexibility index (Phi) is 3.81. The van der Waals surface area contributed by atoms with Crippen LogP contribution in [0.3, 0.4) is 0 Å². The molecule has 3 N–H and O–H groups in total. The van der Waals surface area contributed by atoms with Crippen LogP contribution in [0.4, 0.5) is 0 Å². The zero-order chi connectivity index (χ0) is 15.7. The van der Waals surface area contributed by atoms with E-state index in [1.54, 1.807) is 16.7 Å². The molecular formula is C15H19N5O2. The Labute approximate surface area is 128 Å². The summed E-state index contributed by atoms with van der Waals surface area (Å²) in [7, 11) is 0. The van der Waals surface area contributed by atoms with E-state index >= 15 is 0 Å². The second-order valence-corrected chi connectivity index (χ2v) is 5.52. The second-order valence-electron chi connectivity index (χ2n) is 5.52. The first-order chi connectivity index (χ1) is 10.6. The fourth-order valence-corrected chi connectivity index (χ4v) is 2.69. The number of carbonyl (C=O) groups excluding carboxylic acids is 2. The predicted octanol–water partition coefficient (Wildman–Crippen LogP) is 0.195. The molecule has 0 aliphatic carbocycles. The van der Waals surface area contributed by atoms with Crippen molar-refractivity contribution in [2.75, 3.05) is 26.2 Å². The lowest BCUT2D eigenvalue weighted by atomic mass is 10.2. The smallest absolute Gasteiger partial charge is 0.275 e. The molecule has 1 saturated heterocycles. The third kappa shape index (κ3) is 2.55. The Morgan fingerprint density at radius 1 is 1.18 bits per heavy atom. The zero-order valence-corrected chi connectivity index (χ0v) is 12.5. The summed E-state index contributed by atoms with van der Waals surface area (Å²) in [6.07, 6.45) is 0. The Balaban J connectivity index is 1.71. The van der Waals surface area contributed by atoms with Gasteiger partial charge in [0.25, 0.3) is 5.91 Å². The highest BCUT2D eigenvalue weighted by Crippen LogP contribution is 2.17. The number of benzene rings is 1. The van der Waals surface area contributed by atoms with Gasteiger partial charge in [-0.15, -0.1) is 0 Å². The van der Waals surface area contributed by atoms with Crippen molar-refractivity contribution in [3.8, 4) is 0 Å². The average molecular weight is 301 g/mol. The van der Waals surface area contributed by atoms with E-state index in [2.05, 4.69) is 10.2 Å². The molecule has 1 aliphatic heterocycles. The number of aromatic amines is 1. The molecule has 0 spiro atoms. The van der Waals surface area contributed by atoms with E-state index in [1.807, 2.05) is 24.3 Å². The molecule has 0 saturated carbocycles. The Bertz CT molecular complexity index is 701. The first kappa shape index (κ1) is 14.5. The summed E-state index contributed by atoms with van der Waals surface area (Å²) < 4.78 is 0. The topological polar surface area (TPSA) is 95.3 Å². The Morgan fingerprint density at radius 3 is 2.50 bits per heavy atom. The van der Waals surface area contributed by atoms with Gasteiger partial charge in [0.2, 0.25) is 5.91 Å². The van der Waals surface area contributed by atoms with Gasteiger partial charge in [-0.05, 0) is 13.0 Å². The number of piperazine rings is 1. The van der Waals surface area contributed by atoms with Gasteiger partial charge < -0.3 is 15.5 Å². The van der Waals surface area contributed by atoms with Crippen molar-refractivity contribution in [1.29, 1.82) is 0 Å². The quantitative estimate of drug-likeness (QED) is 0.828. The van der Waals surface area contributed by atoms with Crippen LogP contribution in [-0.2, 0) is 4.79 Å². The standard InChI is InChI=1S/C15H19N5O2/c1-10(16)14(21)19-6-8-20(9-7-19)15(22)13-11-4-2-3-5-12(11)17-18-13/h2-5,10H,6-9,16H2,1H3,(H,17,18). The largest absolute Gasteiger partial charge is 0.338 e. The molecule has 0 radical (unpaired) electrons. The fraction of sp³-hybridized carbons (Fsp3) is 0.400. The van der Waals surface area contributed by atoms with Crippen LogP contribution in [0, 0.1) is 0 Å². The molecule has 2 amide bonds. The molecule has 1 fully saturated rings. The third-order valence-electron chi connectivity index (χ3n) is 3.94. The molecule has 22 heavy (non-hydrogen) atoms. The molecule has 7 heteroatoms. The molecule has 7 nitrogen and oxygen atoms in total. The second kappa shape index (κ2) is 5.76. The number of rotatable bonds is 2. The van der Waals surface area contributed by atoms with Crippen molar-refractivity contribution < 1.29 is 9.59 Å². The number of nitrogens with zero attached hydrogens (tertiary/aromatic N) is 3. The minimum Gasteiger partial charge on any atom is -0.338 e. The maximum Gasteiger partial charge on any atom is 0.275 e. The highest BCUT2D eigenvalue weighted by Gasteiger charge is 2.27. The molecule has 1 unspecified atom stereocenters. The molecule has 2 heterocycles. The van der Waals surface area contributed by atoms with Crippen LogP contribution in [0.5, 0.6) is 0 Å². The van der Waals surface area contributed by atoms with Crippen LogP contribution in [-0.4, -0.2) is 64.0 Å². The van der Waals surface area contributed by atoms with Gasteiger partial charge in [-0.2, -0.15) is 5.10 Å². The van der Waals surface area contributed by atoms with Gasteiger partial charge in [0.15, 0.2) is 5.69 Å². The number of amides is 2.